The molecular formula is C5H8F3NO. The minimum absolute atomic E-state index is 0.299. The molecular weight excluding hydrogens is 147 g/mol. The van der Waals surface area contributed by atoms with E-state index >= 15 is 0 Å². The van der Waals surface area contributed by atoms with Crippen molar-refractivity contribution in [2.24, 2.45) is 4.99 Å². The Hall–Kier alpha value is -0.740. The largest absolute Gasteiger partial charge is 0.484 e. The van der Waals surface area contributed by atoms with Crippen LogP contribution in [-0.4, -0.2) is 26.2 Å². The topological polar surface area (TPSA) is 21.6 Å². The molecule has 10 heavy (non-hydrogen) atoms. The van der Waals surface area contributed by atoms with Crippen molar-refractivity contribution in [1.82, 2.24) is 0 Å². The number of alkyl halides is 3. The summed E-state index contributed by atoms with van der Waals surface area (Å²) in [5.74, 6) is -0.299. The Morgan fingerprint density at radius 2 is 2.00 bits per heavy atom. The van der Waals surface area contributed by atoms with Crippen molar-refractivity contribution in [2.75, 3.05) is 14.2 Å². The predicted octanol–water partition coefficient (Wildman–Crippen LogP) is 1.61. The normalized spacial score (nSPS) is 13.5. The second kappa shape index (κ2) is 3.43. The third-order valence-corrected chi connectivity index (χ3v) is 0.837. The summed E-state index contributed by atoms with van der Waals surface area (Å²) < 4.78 is 38.9. The van der Waals surface area contributed by atoms with Crippen LogP contribution in [-0.2, 0) is 4.74 Å². The molecule has 5 heteroatoms. The van der Waals surface area contributed by atoms with Crippen molar-refractivity contribution in [1.29, 1.82) is 0 Å². The summed E-state index contributed by atoms with van der Waals surface area (Å²) in [7, 11) is 2.42. The highest BCUT2D eigenvalue weighted by Gasteiger charge is 2.30. The standard InChI is InChI=1S/C5H8F3NO/c1-9-4(10-2)3-5(6,7)8/h3H2,1-2H3. The molecule has 0 fully saturated rings. The highest BCUT2D eigenvalue weighted by Crippen LogP contribution is 2.19. The lowest BCUT2D eigenvalue weighted by Gasteiger charge is -2.06. The Labute approximate surface area is 56.7 Å². The number of halogens is 3. The molecule has 0 saturated heterocycles. The van der Waals surface area contributed by atoms with Gasteiger partial charge in [-0.05, 0) is 0 Å². The van der Waals surface area contributed by atoms with Crippen LogP contribution in [0.2, 0.25) is 0 Å². The Morgan fingerprint density at radius 3 is 2.10 bits per heavy atom. The number of ether oxygens (including phenoxy) is 1. The zero-order valence-corrected chi connectivity index (χ0v) is 5.70. The van der Waals surface area contributed by atoms with Crippen LogP contribution in [0.3, 0.4) is 0 Å². The van der Waals surface area contributed by atoms with Crippen LogP contribution in [0.4, 0.5) is 13.2 Å². The molecule has 0 aliphatic carbocycles. The van der Waals surface area contributed by atoms with Crippen LogP contribution in [0, 0.1) is 0 Å². The molecule has 60 valence electrons. The predicted molar refractivity (Wildman–Crippen MR) is 31.0 cm³/mol. The molecule has 0 spiro atoms. The Kier molecular flexibility index (Phi) is 3.18. The van der Waals surface area contributed by atoms with E-state index in [0.717, 1.165) is 7.11 Å². The lowest BCUT2D eigenvalue weighted by Crippen LogP contribution is -2.16. The summed E-state index contributed by atoms with van der Waals surface area (Å²) in [5, 5.41) is 0. The Balaban J connectivity index is 3.88. The second-order valence-electron chi connectivity index (χ2n) is 1.61. The Morgan fingerprint density at radius 1 is 1.50 bits per heavy atom. The van der Waals surface area contributed by atoms with Crippen molar-refractivity contribution in [2.45, 2.75) is 12.6 Å². The van der Waals surface area contributed by atoms with Crippen molar-refractivity contribution in [3.63, 3.8) is 0 Å². The van der Waals surface area contributed by atoms with Crippen molar-refractivity contribution in [3.05, 3.63) is 0 Å². The summed E-state index contributed by atoms with van der Waals surface area (Å²) >= 11 is 0. The average molecular weight is 155 g/mol. The van der Waals surface area contributed by atoms with E-state index in [0.29, 0.717) is 0 Å². The van der Waals surface area contributed by atoms with Gasteiger partial charge in [-0.25, -0.2) is 0 Å². The van der Waals surface area contributed by atoms with Gasteiger partial charge in [-0.1, -0.05) is 0 Å². The van der Waals surface area contributed by atoms with Gasteiger partial charge in [0.1, 0.15) is 6.42 Å². The molecule has 0 N–H and O–H groups in total. The van der Waals surface area contributed by atoms with Crippen molar-refractivity contribution >= 4 is 5.90 Å². The molecule has 0 aliphatic heterocycles. The first-order valence-corrected chi connectivity index (χ1v) is 2.56. The first kappa shape index (κ1) is 9.26. The molecule has 0 aromatic carbocycles. The summed E-state index contributed by atoms with van der Waals surface area (Å²) in [4.78, 5) is 3.27. The van der Waals surface area contributed by atoms with E-state index in [1.165, 1.54) is 7.05 Å². The van der Waals surface area contributed by atoms with Crippen LogP contribution in [0.1, 0.15) is 6.42 Å². The summed E-state index contributed by atoms with van der Waals surface area (Å²) in [6.07, 6.45) is -5.33. The van der Waals surface area contributed by atoms with Gasteiger partial charge in [0.25, 0.3) is 0 Å². The molecule has 0 saturated carbocycles. The zero-order valence-electron chi connectivity index (χ0n) is 5.70. The van der Waals surface area contributed by atoms with Gasteiger partial charge in [0.15, 0.2) is 5.90 Å². The molecule has 0 heterocycles. The van der Waals surface area contributed by atoms with Gasteiger partial charge in [0.05, 0.1) is 7.11 Å². The van der Waals surface area contributed by atoms with Crippen LogP contribution < -0.4 is 0 Å². The molecule has 0 amide bonds. The molecule has 0 rings (SSSR count). The smallest absolute Gasteiger partial charge is 0.397 e. The number of aliphatic imine (C=N–C) groups is 1. The third kappa shape index (κ3) is 4.17. The number of rotatable bonds is 1. The van der Waals surface area contributed by atoms with Crippen LogP contribution in [0.15, 0.2) is 4.99 Å². The molecule has 0 aromatic heterocycles. The summed E-state index contributed by atoms with van der Waals surface area (Å²) in [6, 6.07) is 0. The lowest BCUT2D eigenvalue weighted by atomic mass is 10.4. The first-order chi connectivity index (χ1) is 4.49. The van der Waals surface area contributed by atoms with Gasteiger partial charge in [-0.2, -0.15) is 13.2 Å². The molecule has 0 radical (unpaired) electrons. The van der Waals surface area contributed by atoms with Crippen LogP contribution >= 0.6 is 0 Å². The fourth-order valence-corrected chi connectivity index (χ4v) is 0.414. The highest BCUT2D eigenvalue weighted by molar-refractivity contribution is 5.76. The maximum atomic E-state index is 11.5. The number of methoxy groups -OCH3 is 1. The molecule has 0 atom stereocenters. The first-order valence-electron chi connectivity index (χ1n) is 2.56. The summed E-state index contributed by atoms with van der Waals surface area (Å²) in [5.41, 5.74) is 0. The van der Waals surface area contributed by atoms with E-state index in [1.807, 2.05) is 0 Å². The van der Waals surface area contributed by atoms with E-state index in [4.69, 9.17) is 0 Å². The van der Waals surface area contributed by atoms with E-state index in [2.05, 4.69) is 9.73 Å². The maximum Gasteiger partial charge on any atom is 0.397 e. The van der Waals surface area contributed by atoms with Gasteiger partial charge < -0.3 is 4.74 Å². The van der Waals surface area contributed by atoms with E-state index in [9.17, 15) is 13.2 Å². The minimum atomic E-state index is -4.23. The fraction of sp³-hybridized carbons (Fsp3) is 0.800. The second-order valence-corrected chi connectivity index (χ2v) is 1.61. The monoisotopic (exact) mass is 155 g/mol. The molecule has 0 unspecified atom stereocenters. The molecule has 2 nitrogen and oxygen atoms in total. The number of hydrogen-bond donors (Lipinski definition) is 0. The quantitative estimate of drug-likeness (QED) is 0.416. The van der Waals surface area contributed by atoms with Gasteiger partial charge >= 0.3 is 6.18 Å². The molecule has 0 aliphatic rings. The molecule has 0 aromatic rings. The third-order valence-electron chi connectivity index (χ3n) is 0.837. The number of nitrogens with zero attached hydrogens (tertiary/aromatic N) is 1. The van der Waals surface area contributed by atoms with Crippen LogP contribution in [0.5, 0.6) is 0 Å². The number of hydrogen-bond acceptors (Lipinski definition) is 2. The minimum Gasteiger partial charge on any atom is -0.484 e. The van der Waals surface area contributed by atoms with Gasteiger partial charge in [-0.15, -0.1) is 0 Å². The van der Waals surface area contributed by atoms with E-state index < -0.39 is 12.6 Å². The van der Waals surface area contributed by atoms with Gasteiger partial charge in [0, 0.05) is 7.05 Å². The molecule has 0 bridgehead atoms. The average Bonchev–Trinajstić information content (AvgIpc) is 1.81. The fourth-order valence-electron chi connectivity index (χ4n) is 0.414. The maximum absolute atomic E-state index is 11.5. The van der Waals surface area contributed by atoms with Gasteiger partial charge in [0.2, 0.25) is 0 Å². The van der Waals surface area contributed by atoms with E-state index in [-0.39, 0.29) is 5.90 Å². The van der Waals surface area contributed by atoms with Crippen molar-refractivity contribution < 1.29 is 17.9 Å². The van der Waals surface area contributed by atoms with Crippen LogP contribution in [0.25, 0.3) is 0 Å². The zero-order chi connectivity index (χ0) is 8.20. The summed E-state index contributed by atoms with van der Waals surface area (Å²) in [6.45, 7) is 0. The SMILES string of the molecule is CN=C(CC(F)(F)F)OC. The van der Waals surface area contributed by atoms with Crippen molar-refractivity contribution in [3.8, 4) is 0 Å². The lowest BCUT2D eigenvalue weighted by molar-refractivity contribution is -0.123. The van der Waals surface area contributed by atoms with Gasteiger partial charge in [-0.3, -0.25) is 4.99 Å². The Bertz CT molecular complexity index is 129. The highest BCUT2D eigenvalue weighted by atomic mass is 19.4. The van der Waals surface area contributed by atoms with E-state index in [1.54, 1.807) is 0 Å².